The van der Waals surface area contributed by atoms with E-state index in [-0.39, 0.29) is 11.8 Å². The standard InChI is InChI=1S/C19H26N4O2/c1-13-10-18-20-17(11-14(2)23(18)21-13)15-5-7-22(8-6-15)19(24)16-4-3-9-25-12-16/h10-11,15-16H,3-9,12H2,1-2H3/t16-/m0/s1. The van der Waals surface area contributed by atoms with Crippen molar-refractivity contribution in [2.24, 2.45) is 5.92 Å². The minimum atomic E-state index is 0.0665. The van der Waals surface area contributed by atoms with Crippen LogP contribution in [0.5, 0.6) is 0 Å². The summed E-state index contributed by atoms with van der Waals surface area (Å²) in [4.78, 5) is 19.5. The number of hydrogen-bond acceptors (Lipinski definition) is 4. The van der Waals surface area contributed by atoms with E-state index in [1.807, 2.05) is 22.4 Å². The molecule has 4 heterocycles. The molecule has 2 aliphatic rings. The number of carbonyl (C=O) groups excluding carboxylic acids is 1. The maximum atomic E-state index is 12.6. The Labute approximate surface area is 148 Å². The van der Waals surface area contributed by atoms with Crippen molar-refractivity contribution in [3.8, 4) is 0 Å². The van der Waals surface area contributed by atoms with Crippen molar-refractivity contribution in [1.82, 2.24) is 19.5 Å². The Morgan fingerprint density at radius 3 is 2.72 bits per heavy atom. The number of amides is 1. The molecule has 2 aromatic rings. The number of aryl methyl sites for hydroxylation is 2. The highest BCUT2D eigenvalue weighted by atomic mass is 16.5. The molecule has 0 radical (unpaired) electrons. The summed E-state index contributed by atoms with van der Waals surface area (Å²) in [5.41, 5.74) is 4.16. The van der Waals surface area contributed by atoms with Gasteiger partial charge in [0.2, 0.25) is 5.91 Å². The topological polar surface area (TPSA) is 59.7 Å². The molecule has 25 heavy (non-hydrogen) atoms. The average molecular weight is 342 g/mol. The number of carbonyl (C=O) groups is 1. The van der Waals surface area contributed by atoms with Crippen LogP contribution in [-0.2, 0) is 9.53 Å². The quantitative estimate of drug-likeness (QED) is 0.841. The minimum absolute atomic E-state index is 0.0665. The molecule has 0 saturated carbocycles. The van der Waals surface area contributed by atoms with Gasteiger partial charge in [0.1, 0.15) is 0 Å². The van der Waals surface area contributed by atoms with Crippen LogP contribution in [0.4, 0.5) is 0 Å². The molecule has 4 rings (SSSR count). The highest BCUT2D eigenvalue weighted by Gasteiger charge is 2.30. The molecule has 0 bridgehead atoms. The Hall–Kier alpha value is -1.95. The van der Waals surface area contributed by atoms with Crippen molar-refractivity contribution in [1.29, 1.82) is 0 Å². The summed E-state index contributed by atoms with van der Waals surface area (Å²) in [6.45, 7) is 7.11. The number of likely N-dealkylation sites (tertiary alicyclic amines) is 1. The van der Waals surface area contributed by atoms with Gasteiger partial charge in [0.25, 0.3) is 0 Å². The van der Waals surface area contributed by atoms with Crippen molar-refractivity contribution in [2.45, 2.75) is 45.4 Å². The second-order valence-corrected chi connectivity index (χ2v) is 7.39. The predicted octanol–water partition coefficient (Wildman–Crippen LogP) is 2.48. The Morgan fingerprint density at radius 2 is 2.00 bits per heavy atom. The second kappa shape index (κ2) is 6.75. The Morgan fingerprint density at radius 1 is 1.20 bits per heavy atom. The van der Waals surface area contributed by atoms with E-state index in [9.17, 15) is 4.79 Å². The number of ether oxygens (including phenoxy) is 1. The molecule has 2 aromatic heterocycles. The first kappa shape index (κ1) is 16.5. The van der Waals surface area contributed by atoms with Crippen molar-refractivity contribution >= 4 is 11.6 Å². The van der Waals surface area contributed by atoms with E-state index in [1.165, 1.54) is 0 Å². The van der Waals surface area contributed by atoms with Gasteiger partial charge in [0.05, 0.1) is 18.2 Å². The van der Waals surface area contributed by atoms with E-state index in [1.54, 1.807) is 0 Å². The average Bonchev–Trinajstić information content (AvgIpc) is 3.03. The van der Waals surface area contributed by atoms with Crippen LogP contribution in [0.25, 0.3) is 5.65 Å². The largest absolute Gasteiger partial charge is 0.381 e. The molecule has 0 aromatic carbocycles. The maximum absolute atomic E-state index is 12.6. The number of fused-ring (bicyclic) bond motifs is 1. The molecule has 1 atom stereocenters. The Balaban J connectivity index is 1.44. The highest BCUT2D eigenvalue weighted by molar-refractivity contribution is 5.79. The molecule has 2 saturated heterocycles. The molecule has 0 spiro atoms. The van der Waals surface area contributed by atoms with Gasteiger partial charge in [-0.3, -0.25) is 4.79 Å². The van der Waals surface area contributed by atoms with Crippen molar-refractivity contribution in [3.05, 3.63) is 29.2 Å². The Kier molecular flexibility index (Phi) is 4.46. The van der Waals surface area contributed by atoms with Crippen molar-refractivity contribution < 1.29 is 9.53 Å². The summed E-state index contributed by atoms with van der Waals surface area (Å²) in [5, 5.41) is 4.48. The van der Waals surface area contributed by atoms with Crippen LogP contribution in [0, 0.1) is 19.8 Å². The molecule has 2 aliphatic heterocycles. The monoisotopic (exact) mass is 342 g/mol. The van der Waals surface area contributed by atoms with Gasteiger partial charge < -0.3 is 9.64 Å². The third-order valence-electron chi connectivity index (χ3n) is 5.48. The fourth-order valence-corrected chi connectivity index (χ4v) is 4.06. The molecule has 134 valence electrons. The molecule has 0 unspecified atom stereocenters. The maximum Gasteiger partial charge on any atom is 0.228 e. The van der Waals surface area contributed by atoms with Gasteiger partial charge in [-0.1, -0.05) is 0 Å². The SMILES string of the molecule is Cc1cc2nc(C3CCN(C(=O)[C@H]4CCCOC4)CC3)cc(C)n2n1. The van der Waals surface area contributed by atoms with Crippen LogP contribution >= 0.6 is 0 Å². The first-order chi connectivity index (χ1) is 12.1. The lowest BCUT2D eigenvalue weighted by Crippen LogP contribution is -2.43. The van der Waals surface area contributed by atoms with Crippen LogP contribution < -0.4 is 0 Å². The number of nitrogens with zero attached hydrogens (tertiary/aromatic N) is 4. The third-order valence-corrected chi connectivity index (χ3v) is 5.48. The van der Waals surface area contributed by atoms with Crippen LogP contribution in [0.3, 0.4) is 0 Å². The number of rotatable bonds is 2. The van der Waals surface area contributed by atoms with Gasteiger partial charge in [0.15, 0.2) is 5.65 Å². The van der Waals surface area contributed by atoms with Crippen molar-refractivity contribution in [2.75, 3.05) is 26.3 Å². The lowest BCUT2D eigenvalue weighted by Gasteiger charge is -2.35. The summed E-state index contributed by atoms with van der Waals surface area (Å²) in [5.74, 6) is 0.770. The van der Waals surface area contributed by atoms with Gasteiger partial charge in [-0.2, -0.15) is 5.10 Å². The summed E-state index contributed by atoms with van der Waals surface area (Å²) in [6.07, 6.45) is 3.93. The lowest BCUT2D eigenvalue weighted by molar-refractivity contribution is -0.140. The van der Waals surface area contributed by atoms with E-state index in [2.05, 4.69) is 18.1 Å². The van der Waals surface area contributed by atoms with E-state index in [0.29, 0.717) is 12.5 Å². The molecular weight excluding hydrogens is 316 g/mol. The molecule has 0 aliphatic carbocycles. The Bertz CT molecular complexity index is 771. The second-order valence-electron chi connectivity index (χ2n) is 7.39. The van der Waals surface area contributed by atoms with Crippen molar-refractivity contribution in [3.63, 3.8) is 0 Å². The van der Waals surface area contributed by atoms with Gasteiger partial charge in [-0.05, 0) is 45.6 Å². The van der Waals surface area contributed by atoms with Gasteiger partial charge in [0, 0.05) is 43.1 Å². The van der Waals surface area contributed by atoms with Gasteiger partial charge >= 0.3 is 0 Å². The molecule has 6 heteroatoms. The highest BCUT2D eigenvalue weighted by Crippen LogP contribution is 2.29. The summed E-state index contributed by atoms with van der Waals surface area (Å²) in [7, 11) is 0. The predicted molar refractivity (Wildman–Crippen MR) is 94.6 cm³/mol. The molecular formula is C19H26N4O2. The van der Waals surface area contributed by atoms with E-state index < -0.39 is 0 Å². The van der Waals surface area contributed by atoms with Crippen LogP contribution in [0.1, 0.15) is 48.7 Å². The number of aromatic nitrogens is 3. The molecule has 1 amide bonds. The summed E-state index contributed by atoms with van der Waals surface area (Å²) in [6, 6.07) is 4.18. The van der Waals surface area contributed by atoms with Crippen LogP contribution in [0.15, 0.2) is 12.1 Å². The molecule has 6 nitrogen and oxygen atoms in total. The third kappa shape index (κ3) is 3.27. The van der Waals surface area contributed by atoms with E-state index >= 15 is 0 Å². The van der Waals surface area contributed by atoms with Crippen LogP contribution in [0.2, 0.25) is 0 Å². The first-order valence-electron chi connectivity index (χ1n) is 9.32. The minimum Gasteiger partial charge on any atom is -0.381 e. The zero-order chi connectivity index (χ0) is 17.4. The first-order valence-corrected chi connectivity index (χ1v) is 9.32. The summed E-state index contributed by atoms with van der Waals surface area (Å²) < 4.78 is 7.38. The zero-order valence-corrected chi connectivity index (χ0v) is 15.1. The fourth-order valence-electron chi connectivity index (χ4n) is 4.06. The number of piperidine rings is 1. The fraction of sp³-hybridized carbons (Fsp3) is 0.632. The normalized spacial score (nSPS) is 22.5. The van der Waals surface area contributed by atoms with Gasteiger partial charge in [-0.25, -0.2) is 9.50 Å². The zero-order valence-electron chi connectivity index (χ0n) is 15.1. The summed E-state index contributed by atoms with van der Waals surface area (Å²) >= 11 is 0. The molecule has 0 N–H and O–H groups in total. The van der Waals surface area contributed by atoms with E-state index in [4.69, 9.17) is 9.72 Å². The molecule has 2 fully saturated rings. The smallest absolute Gasteiger partial charge is 0.228 e. The van der Waals surface area contributed by atoms with E-state index in [0.717, 1.165) is 68.1 Å². The van der Waals surface area contributed by atoms with Gasteiger partial charge in [-0.15, -0.1) is 0 Å². The number of hydrogen-bond donors (Lipinski definition) is 0. The lowest BCUT2D eigenvalue weighted by atomic mass is 9.91. The van der Waals surface area contributed by atoms with Crippen LogP contribution in [-0.4, -0.2) is 51.7 Å².